The van der Waals surface area contributed by atoms with Gasteiger partial charge in [0.2, 0.25) is 0 Å². The van der Waals surface area contributed by atoms with Gasteiger partial charge in [0.1, 0.15) is 16.4 Å². The van der Waals surface area contributed by atoms with E-state index in [0.717, 1.165) is 35.6 Å². The number of ether oxygens (including phenoxy) is 3. The fraction of sp³-hybridized carbons (Fsp3) is 0.324. The van der Waals surface area contributed by atoms with Crippen LogP contribution in [0.15, 0.2) is 84.0 Å². The first-order valence-corrected chi connectivity index (χ1v) is 19.6. The summed E-state index contributed by atoms with van der Waals surface area (Å²) in [6, 6.07) is 15.3. The number of amides is 2. The average molecular weight is 820 g/mol. The van der Waals surface area contributed by atoms with Gasteiger partial charge in [0.05, 0.1) is 19.9 Å². The summed E-state index contributed by atoms with van der Waals surface area (Å²) < 4.78 is 86.7. The number of halogens is 4. The maximum atomic E-state index is 15.8. The molecular weight excluding hydrogens is 783 g/mol. The zero-order valence-electron chi connectivity index (χ0n) is 30.3. The molecule has 0 radical (unpaired) electrons. The van der Waals surface area contributed by atoms with Gasteiger partial charge in [0, 0.05) is 85.8 Å². The lowest BCUT2D eigenvalue weighted by Crippen LogP contribution is -2.65. The van der Waals surface area contributed by atoms with Crippen molar-refractivity contribution in [1.82, 2.24) is 14.8 Å². The maximum Gasteiger partial charge on any atom is 0.573 e. The van der Waals surface area contributed by atoms with Crippen LogP contribution in [0.25, 0.3) is 0 Å². The molecule has 0 aliphatic carbocycles. The number of carbonyl (C=O) groups excluding carboxylic acids is 2. The van der Waals surface area contributed by atoms with Gasteiger partial charge in [-0.1, -0.05) is 35.0 Å². The summed E-state index contributed by atoms with van der Waals surface area (Å²) in [5.41, 5.74) is -0.177. The molecule has 4 aromatic rings. The zero-order valence-corrected chi connectivity index (χ0v) is 32.7. The van der Waals surface area contributed by atoms with Crippen LogP contribution in [-0.4, -0.2) is 100 Å². The van der Waals surface area contributed by atoms with Crippen LogP contribution in [0.5, 0.6) is 17.2 Å². The Labute approximate surface area is 325 Å². The van der Waals surface area contributed by atoms with E-state index in [0.29, 0.717) is 16.4 Å². The standard InChI is InChI=1S/C37H37ClF3N5O7S2/c1-23-6-10-31(52-5)29(18-23)36(45-17-16-44(25-12-14-42-15-13-25)21-26(45)22-54-35(48)43(2)3)28-19-24(38)7-9-30(28)46(34(36)47)55(49,50)33-11-8-27(51-4)20-32(33)53-37(39,40)41/h6-15,18-20,26H,16-17,21-22H2,1-5H3. The molecule has 3 aromatic carbocycles. The van der Waals surface area contributed by atoms with E-state index >= 15 is 4.79 Å². The largest absolute Gasteiger partial charge is 0.573 e. The quantitative estimate of drug-likeness (QED) is 0.173. The monoisotopic (exact) mass is 819 g/mol. The van der Waals surface area contributed by atoms with E-state index < -0.39 is 44.5 Å². The summed E-state index contributed by atoms with van der Waals surface area (Å²) >= 11 is 7.69. The van der Waals surface area contributed by atoms with Crippen molar-refractivity contribution < 1.29 is 45.4 Å². The molecule has 1 fully saturated rings. The highest BCUT2D eigenvalue weighted by atomic mass is 35.5. The number of pyridine rings is 1. The van der Waals surface area contributed by atoms with Crippen molar-refractivity contribution in [3.8, 4) is 17.2 Å². The molecule has 2 unspecified atom stereocenters. The first-order valence-electron chi connectivity index (χ1n) is 16.8. The van der Waals surface area contributed by atoms with Crippen LogP contribution in [0.2, 0.25) is 5.02 Å². The molecule has 55 heavy (non-hydrogen) atoms. The van der Waals surface area contributed by atoms with E-state index in [1.165, 1.54) is 37.3 Å². The SMILES string of the molecule is COc1ccc(S(=O)(=O)N2C(=O)C(c3cc(C)ccc3OC)(N3CCN(c4ccncc4)CC3CSC(=O)N(C)C)c3cc(Cl)ccc32)c(OC(F)(F)F)c1. The van der Waals surface area contributed by atoms with Gasteiger partial charge >= 0.3 is 6.36 Å². The summed E-state index contributed by atoms with van der Waals surface area (Å²) in [4.78, 5) is 37.4. The van der Waals surface area contributed by atoms with E-state index in [-0.39, 0.29) is 57.4 Å². The Morgan fingerprint density at radius 3 is 2.36 bits per heavy atom. The number of piperazine rings is 1. The van der Waals surface area contributed by atoms with Crippen LogP contribution in [0.3, 0.4) is 0 Å². The third kappa shape index (κ3) is 7.49. The van der Waals surface area contributed by atoms with Gasteiger partial charge in [0.15, 0.2) is 11.3 Å². The molecule has 0 N–H and O–H groups in total. The van der Waals surface area contributed by atoms with Crippen LogP contribution < -0.4 is 23.4 Å². The highest BCUT2D eigenvalue weighted by Crippen LogP contribution is 2.55. The second-order valence-electron chi connectivity index (χ2n) is 13.0. The van der Waals surface area contributed by atoms with Gasteiger partial charge in [-0.15, -0.1) is 13.2 Å². The molecule has 2 aliphatic rings. The summed E-state index contributed by atoms with van der Waals surface area (Å²) in [5, 5.41) is -0.0817. The lowest BCUT2D eigenvalue weighted by molar-refractivity contribution is -0.275. The predicted octanol–water partition coefficient (Wildman–Crippen LogP) is 6.54. The average Bonchev–Trinajstić information content (AvgIpc) is 3.41. The normalized spacial score (nSPS) is 18.9. The predicted molar refractivity (Wildman–Crippen MR) is 203 cm³/mol. The number of aryl methyl sites for hydroxylation is 1. The topological polar surface area (TPSA) is 122 Å². The highest BCUT2D eigenvalue weighted by molar-refractivity contribution is 8.13. The summed E-state index contributed by atoms with van der Waals surface area (Å²) in [6.45, 7) is 2.58. The van der Waals surface area contributed by atoms with Gasteiger partial charge in [-0.25, -0.2) is 12.7 Å². The second kappa shape index (κ2) is 15.4. The first kappa shape index (κ1) is 40.0. The zero-order chi connectivity index (χ0) is 39.9. The van der Waals surface area contributed by atoms with Crippen molar-refractivity contribution in [2.45, 2.75) is 29.8 Å². The fourth-order valence-corrected chi connectivity index (χ4v) is 9.65. The number of fused-ring (bicyclic) bond motifs is 1. The Bertz CT molecular complexity index is 2220. The maximum absolute atomic E-state index is 15.8. The molecule has 0 bridgehead atoms. The number of hydrogen-bond donors (Lipinski definition) is 0. The molecule has 1 aromatic heterocycles. The third-order valence-corrected chi connectivity index (χ3v) is 12.5. The van der Waals surface area contributed by atoms with Crippen molar-refractivity contribution in [2.24, 2.45) is 0 Å². The Morgan fingerprint density at radius 2 is 1.71 bits per heavy atom. The lowest BCUT2D eigenvalue weighted by Gasteiger charge is -2.50. The minimum atomic E-state index is -5.29. The molecule has 12 nitrogen and oxygen atoms in total. The van der Waals surface area contributed by atoms with E-state index in [1.54, 1.807) is 51.6 Å². The lowest BCUT2D eigenvalue weighted by atomic mass is 9.79. The van der Waals surface area contributed by atoms with Gasteiger partial charge in [-0.05, 0) is 61.5 Å². The molecule has 6 rings (SSSR count). The summed E-state index contributed by atoms with van der Waals surface area (Å²) in [5.74, 6) is -1.83. The van der Waals surface area contributed by atoms with Gasteiger partial charge in [-0.3, -0.25) is 19.5 Å². The molecule has 2 amide bonds. The van der Waals surface area contributed by atoms with Crippen molar-refractivity contribution >= 4 is 55.9 Å². The number of thioether (sulfide) groups is 1. The smallest absolute Gasteiger partial charge is 0.497 e. The molecule has 2 atom stereocenters. The molecule has 0 spiro atoms. The van der Waals surface area contributed by atoms with Crippen LogP contribution in [0, 0.1) is 6.92 Å². The number of aromatic nitrogens is 1. The van der Waals surface area contributed by atoms with Gasteiger partial charge in [-0.2, -0.15) is 0 Å². The number of methoxy groups -OCH3 is 2. The fourth-order valence-electron chi connectivity index (χ4n) is 7.04. The van der Waals surface area contributed by atoms with Crippen LogP contribution in [0.4, 0.5) is 29.3 Å². The molecule has 3 heterocycles. The number of hydrogen-bond acceptors (Lipinski definition) is 11. The van der Waals surface area contributed by atoms with Crippen LogP contribution in [-0.2, 0) is 20.4 Å². The molecule has 0 saturated carbocycles. The highest BCUT2D eigenvalue weighted by Gasteiger charge is 2.62. The number of nitrogens with zero attached hydrogens (tertiary/aromatic N) is 5. The van der Waals surface area contributed by atoms with Crippen molar-refractivity contribution in [3.05, 3.63) is 101 Å². The van der Waals surface area contributed by atoms with Gasteiger partial charge in [0.25, 0.3) is 21.2 Å². The number of benzene rings is 3. The van der Waals surface area contributed by atoms with Crippen molar-refractivity contribution in [1.29, 1.82) is 0 Å². The van der Waals surface area contributed by atoms with E-state index in [9.17, 15) is 26.4 Å². The number of alkyl halides is 3. The van der Waals surface area contributed by atoms with E-state index in [1.807, 2.05) is 17.0 Å². The first-order chi connectivity index (χ1) is 26.0. The van der Waals surface area contributed by atoms with Crippen molar-refractivity contribution in [2.75, 3.05) is 62.9 Å². The van der Waals surface area contributed by atoms with Crippen molar-refractivity contribution in [3.63, 3.8) is 0 Å². The van der Waals surface area contributed by atoms with E-state index in [2.05, 4.69) is 14.6 Å². The summed E-state index contributed by atoms with van der Waals surface area (Å²) in [6.07, 6.45) is -1.99. The number of sulfonamides is 1. The van der Waals surface area contributed by atoms with Crippen LogP contribution in [0.1, 0.15) is 16.7 Å². The Morgan fingerprint density at radius 1 is 0.982 bits per heavy atom. The van der Waals surface area contributed by atoms with E-state index in [4.69, 9.17) is 21.1 Å². The molecule has 2 aliphatic heterocycles. The Balaban J connectivity index is 1.63. The molecule has 18 heteroatoms. The number of anilines is 2. The molecule has 1 saturated heterocycles. The minimum absolute atomic E-state index is 0.114. The molecular formula is C37H37ClF3N5O7S2. The Hall–Kier alpha value is -4.71. The number of rotatable bonds is 10. The molecule has 292 valence electrons. The summed E-state index contributed by atoms with van der Waals surface area (Å²) in [7, 11) is 0.661. The number of carbonyl (C=O) groups is 2. The second-order valence-corrected chi connectivity index (χ2v) is 16.1. The third-order valence-electron chi connectivity index (χ3n) is 9.41. The van der Waals surface area contributed by atoms with Crippen LogP contribution >= 0.6 is 23.4 Å². The van der Waals surface area contributed by atoms with Gasteiger partial charge < -0.3 is 24.0 Å². The minimum Gasteiger partial charge on any atom is -0.497 e. The Kier molecular flexibility index (Phi) is 11.2.